The smallest absolute Gasteiger partial charge is 0.423 e. The van der Waals surface area contributed by atoms with Gasteiger partial charge < -0.3 is 10.0 Å². The summed E-state index contributed by atoms with van der Waals surface area (Å²) in [7, 11) is -1.44. The van der Waals surface area contributed by atoms with Crippen molar-refractivity contribution in [1.29, 1.82) is 0 Å². The van der Waals surface area contributed by atoms with Gasteiger partial charge >= 0.3 is 7.12 Å². The third-order valence-corrected chi connectivity index (χ3v) is 8.50. The van der Waals surface area contributed by atoms with Crippen molar-refractivity contribution in [2.24, 2.45) is 11.8 Å². The van der Waals surface area contributed by atoms with Crippen LogP contribution in [-0.4, -0.2) is 17.2 Å². The maximum atomic E-state index is 10.0. The minimum atomic E-state index is -1.44. The molecular formula is C29H42BBrO2. The standard InChI is InChI=1S/C29H42BBrO2/c1-5-9-11-21(7-3)19-29(20-22(8-4)12-10-6-2)27-17-23(30(32)33)13-15-25(27)26-16-14-24(31)18-28(26)29/h13-18,21-22,32-33H,5-12,19-20H2,1-4H3. The second-order valence-corrected chi connectivity index (χ2v) is 11.1. The molecule has 0 saturated carbocycles. The molecular weight excluding hydrogens is 471 g/mol. The molecule has 4 heteroatoms. The average Bonchev–Trinajstić information content (AvgIpc) is 3.07. The summed E-state index contributed by atoms with van der Waals surface area (Å²) in [5, 5.41) is 20.0. The fourth-order valence-electron chi connectivity index (χ4n) is 6.04. The number of hydrogen-bond acceptors (Lipinski definition) is 2. The predicted octanol–water partition coefficient (Wildman–Crippen LogP) is 7.61. The van der Waals surface area contributed by atoms with Crippen LogP contribution in [0.25, 0.3) is 11.1 Å². The molecule has 0 spiro atoms. The maximum absolute atomic E-state index is 10.0. The highest BCUT2D eigenvalue weighted by Gasteiger charge is 2.45. The van der Waals surface area contributed by atoms with E-state index in [-0.39, 0.29) is 5.41 Å². The Kier molecular flexibility index (Phi) is 9.67. The van der Waals surface area contributed by atoms with Crippen LogP contribution in [0.4, 0.5) is 0 Å². The SMILES string of the molecule is CCCCC(CC)CC1(CC(CC)CCCC)c2cc(Br)ccc2-c2ccc(B(O)O)cc21. The van der Waals surface area contributed by atoms with E-state index in [1.54, 1.807) is 0 Å². The lowest BCUT2D eigenvalue weighted by atomic mass is 9.64. The first-order chi connectivity index (χ1) is 15.9. The summed E-state index contributed by atoms with van der Waals surface area (Å²) in [5.74, 6) is 1.32. The van der Waals surface area contributed by atoms with Gasteiger partial charge in [-0.3, -0.25) is 0 Å². The van der Waals surface area contributed by atoms with E-state index in [2.05, 4.69) is 74.0 Å². The van der Waals surface area contributed by atoms with Crippen molar-refractivity contribution in [2.45, 2.75) is 97.3 Å². The van der Waals surface area contributed by atoms with Crippen LogP contribution in [0.15, 0.2) is 40.9 Å². The Bertz CT molecular complexity index is 892. The molecule has 180 valence electrons. The van der Waals surface area contributed by atoms with Gasteiger partial charge in [-0.2, -0.15) is 0 Å². The number of rotatable bonds is 13. The lowest BCUT2D eigenvalue weighted by Crippen LogP contribution is -2.35. The molecule has 0 bridgehead atoms. The van der Waals surface area contributed by atoms with Crippen molar-refractivity contribution >= 4 is 28.5 Å². The van der Waals surface area contributed by atoms with Crippen molar-refractivity contribution in [3.05, 3.63) is 52.0 Å². The zero-order valence-corrected chi connectivity index (χ0v) is 22.6. The van der Waals surface area contributed by atoms with Gasteiger partial charge in [0.25, 0.3) is 0 Å². The minimum Gasteiger partial charge on any atom is -0.423 e. The van der Waals surface area contributed by atoms with E-state index in [0.717, 1.165) is 17.3 Å². The lowest BCUT2D eigenvalue weighted by Gasteiger charge is -2.39. The van der Waals surface area contributed by atoms with E-state index in [4.69, 9.17) is 0 Å². The van der Waals surface area contributed by atoms with Crippen molar-refractivity contribution < 1.29 is 10.0 Å². The Balaban J connectivity index is 2.20. The van der Waals surface area contributed by atoms with Crippen molar-refractivity contribution in [3.8, 4) is 11.1 Å². The molecule has 0 saturated heterocycles. The fraction of sp³-hybridized carbons (Fsp3) is 0.586. The van der Waals surface area contributed by atoms with Gasteiger partial charge in [0.15, 0.2) is 0 Å². The first kappa shape index (κ1) is 26.5. The van der Waals surface area contributed by atoms with E-state index >= 15 is 0 Å². The van der Waals surface area contributed by atoms with Gasteiger partial charge in [0.1, 0.15) is 0 Å². The zero-order valence-electron chi connectivity index (χ0n) is 21.0. The molecule has 0 amide bonds. The van der Waals surface area contributed by atoms with Crippen LogP contribution < -0.4 is 5.46 Å². The van der Waals surface area contributed by atoms with Crippen LogP contribution >= 0.6 is 15.9 Å². The number of benzene rings is 2. The highest BCUT2D eigenvalue weighted by Crippen LogP contribution is 2.56. The Hall–Kier alpha value is -1.10. The molecule has 2 nitrogen and oxygen atoms in total. The third kappa shape index (κ3) is 5.77. The van der Waals surface area contributed by atoms with Gasteiger partial charge in [0, 0.05) is 9.89 Å². The number of hydrogen-bond donors (Lipinski definition) is 2. The molecule has 3 rings (SSSR count). The van der Waals surface area contributed by atoms with Crippen LogP contribution in [0, 0.1) is 11.8 Å². The van der Waals surface area contributed by atoms with Crippen LogP contribution in [0.1, 0.15) is 103 Å². The van der Waals surface area contributed by atoms with E-state index in [0.29, 0.717) is 17.3 Å². The Morgan fingerprint density at radius 3 is 1.79 bits per heavy atom. The average molecular weight is 513 g/mol. The topological polar surface area (TPSA) is 40.5 Å². The first-order valence-corrected chi connectivity index (χ1v) is 14.0. The Morgan fingerprint density at radius 1 is 0.788 bits per heavy atom. The Labute approximate surface area is 210 Å². The molecule has 0 heterocycles. The van der Waals surface area contributed by atoms with Gasteiger partial charge in [-0.05, 0) is 64.5 Å². The molecule has 1 aliphatic carbocycles. The van der Waals surface area contributed by atoms with Crippen LogP contribution in [-0.2, 0) is 5.41 Å². The minimum absolute atomic E-state index is 0.0812. The second kappa shape index (κ2) is 12.0. The summed E-state index contributed by atoms with van der Waals surface area (Å²) in [6, 6.07) is 12.9. The molecule has 2 aromatic rings. The van der Waals surface area contributed by atoms with Crippen LogP contribution in [0.3, 0.4) is 0 Å². The van der Waals surface area contributed by atoms with Gasteiger partial charge in [0.05, 0.1) is 0 Å². The highest BCUT2D eigenvalue weighted by atomic mass is 79.9. The number of fused-ring (bicyclic) bond motifs is 3. The molecule has 2 atom stereocenters. The van der Waals surface area contributed by atoms with Gasteiger partial charge in [-0.15, -0.1) is 0 Å². The zero-order chi connectivity index (χ0) is 24.0. The number of unbranched alkanes of at least 4 members (excludes halogenated alkanes) is 2. The first-order valence-electron chi connectivity index (χ1n) is 13.2. The molecule has 33 heavy (non-hydrogen) atoms. The molecule has 0 radical (unpaired) electrons. The molecule has 0 aliphatic heterocycles. The quantitative estimate of drug-likeness (QED) is 0.271. The summed E-state index contributed by atoms with van der Waals surface area (Å²) in [4.78, 5) is 0. The third-order valence-electron chi connectivity index (χ3n) is 8.01. The number of halogens is 1. The lowest BCUT2D eigenvalue weighted by molar-refractivity contribution is 0.266. The molecule has 2 unspecified atom stereocenters. The predicted molar refractivity (Wildman–Crippen MR) is 146 cm³/mol. The Morgan fingerprint density at radius 2 is 1.30 bits per heavy atom. The van der Waals surface area contributed by atoms with Crippen LogP contribution in [0.5, 0.6) is 0 Å². The molecule has 2 N–H and O–H groups in total. The maximum Gasteiger partial charge on any atom is 0.488 e. The van der Waals surface area contributed by atoms with E-state index < -0.39 is 7.12 Å². The summed E-state index contributed by atoms with van der Waals surface area (Å²) < 4.78 is 1.13. The summed E-state index contributed by atoms with van der Waals surface area (Å²) in [6.45, 7) is 9.25. The summed E-state index contributed by atoms with van der Waals surface area (Å²) in [5.41, 5.74) is 5.86. The van der Waals surface area contributed by atoms with Gasteiger partial charge in [-0.1, -0.05) is 119 Å². The van der Waals surface area contributed by atoms with E-state index in [1.165, 1.54) is 73.6 Å². The van der Waals surface area contributed by atoms with Crippen LogP contribution in [0.2, 0.25) is 0 Å². The summed E-state index contributed by atoms with van der Waals surface area (Å²) >= 11 is 3.77. The highest BCUT2D eigenvalue weighted by molar-refractivity contribution is 9.10. The van der Waals surface area contributed by atoms with Crippen molar-refractivity contribution in [1.82, 2.24) is 0 Å². The molecule has 2 aromatic carbocycles. The van der Waals surface area contributed by atoms with E-state index in [9.17, 15) is 10.0 Å². The second-order valence-electron chi connectivity index (χ2n) is 10.2. The van der Waals surface area contributed by atoms with E-state index in [1.807, 2.05) is 6.07 Å². The van der Waals surface area contributed by atoms with Gasteiger partial charge in [-0.25, -0.2) is 0 Å². The van der Waals surface area contributed by atoms with Gasteiger partial charge in [0.2, 0.25) is 0 Å². The normalized spacial score (nSPS) is 18.6. The molecule has 1 aliphatic rings. The largest absolute Gasteiger partial charge is 0.488 e. The molecule has 0 fully saturated rings. The van der Waals surface area contributed by atoms with Crippen molar-refractivity contribution in [2.75, 3.05) is 0 Å². The fourth-order valence-corrected chi connectivity index (χ4v) is 6.40. The van der Waals surface area contributed by atoms with Crippen molar-refractivity contribution in [3.63, 3.8) is 0 Å². The molecule has 0 aromatic heterocycles. The summed E-state index contributed by atoms with van der Waals surface area (Å²) in [6.07, 6.45) is 12.2. The monoisotopic (exact) mass is 512 g/mol.